The predicted octanol–water partition coefficient (Wildman–Crippen LogP) is 3.98. The number of benzene rings is 1. The molecule has 1 aromatic carbocycles. The lowest BCUT2D eigenvalue weighted by molar-refractivity contribution is 0.0286. The SMILES string of the molecule is CC[C@@H]1CN(C(=O)OC(C)(C)C)C[C@@H]1c1nnc2cnc3c(ccn3S(=O)(=O)c3ccc(C)cc3)n12. The average Bonchev–Trinajstić information content (AvgIpc) is 3.53. The average molecular weight is 511 g/mol. The van der Waals surface area contributed by atoms with Crippen LogP contribution in [-0.4, -0.2) is 61.7 Å². The van der Waals surface area contributed by atoms with E-state index in [1.165, 1.54) is 16.4 Å². The Kier molecular flexibility index (Phi) is 5.77. The summed E-state index contributed by atoms with van der Waals surface area (Å²) in [5.41, 5.74) is 1.80. The van der Waals surface area contributed by atoms with Gasteiger partial charge in [-0.2, -0.15) is 0 Å². The Balaban J connectivity index is 1.57. The van der Waals surface area contributed by atoms with Crippen molar-refractivity contribution in [3.05, 3.63) is 54.1 Å². The quantitative estimate of drug-likeness (QED) is 0.408. The van der Waals surface area contributed by atoms with Gasteiger partial charge in [0.1, 0.15) is 11.4 Å². The zero-order valence-electron chi connectivity index (χ0n) is 21.0. The van der Waals surface area contributed by atoms with Crippen molar-refractivity contribution >= 4 is 32.9 Å². The van der Waals surface area contributed by atoms with Crippen molar-refractivity contribution in [3.8, 4) is 0 Å². The second kappa shape index (κ2) is 8.58. The zero-order valence-corrected chi connectivity index (χ0v) is 21.9. The monoisotopic (exact) mass is 510 g/mol. The third-order valence-electron chi connectivity index (χ3n) is 6.59. The number of nitrogens with zero attached hydrogens (tertiary/aromatic N) is 6. The number of aromatic nitrogens is 5. The van der Waals surface area contributed by atoms with Crippen molar-refractivity contribution in [1.82, 2.24) is 28.5 Å². The molecule has 0 N–H and O–H groups in total. The van der Waals surface area contributed by atoms with E-state index in [1.807, 2.05) is 32.1 Å². The van der Waals surface area contributed by atoms with Crippen molar-refractivity contribution in [2.75, 3.05) is 13.1 Å². The van der Waals surface area contributed by atoms with Crippen molar-refractivity contribution in [2.24, 2.45) is 5.92 Å². The second-order valence-electron chi connectivity index (χ2n) is 10.3. The summed E-state index contributed by atoms with van der Waals surface area (Å²) >= 11 is 0. The van der Waals surface area contributed by atoms with E-state index in [0.29, 0.717) is 35.7 Å². The van der Waals surface area contributed by atoms with Gasteiger partial charge >= 0.3 is 6.09 Å². The first-order valence-electron chi connectivity index (χ1n) is 12.0. The second-order valence-corrected chi connectivity index (χ2v) is 12.1. The van der Waals surface area contributed by atoms with Gasteiger partial charge in [0.15, 0.2) is 11.3 Å². The number of likely N-dealkylation sites (tertiary alicyclic amines) is 1. The van der Waals surface area contributed by atoms with Gasteiger partial charge in [0.25, 0.3) is 10.0 Å². The molecule has 0 spiro atoms. The largest absolute Gasteiger partial charge is 0.444 e. The fourth-order valence-corrected chi connectivity index (χ4v) is 6.06. The molecule has 4 heterocycles. The van der Waals surface area contributed by atoms with Gasteiger partial charge in [0, 0.05) is 25.2 Å². The molecule has 1 saturated heterocycles. The molecule has 5 rings (SSSR count). The molecule has 3 aromatic heterocycles. The lowest BCUT2D eigenvalue weighted by Crippen LogP contribution is -2.35. The van der Waals surface area contributed by atoms with Crippen molar-refractivity contribution in [2.45, 2.75) is 57.5 Å². The number of hydrogen-bond donors (Lipinski definition) is 0. The lowest BCUT2D eigenvalue weighted by Gasteiger charge is -2.24. The maximum Gasteiger partial charge on any atom is 0.410 e. The van der Waals surface area contributed by atoms with E-state index >= 15 is 0 Å². The summed E-state index contributed by atoms with van der Waals surface area (Å²) < 4.78 is 35.4. The van der Waals surface area contributed by atoms with E-state index in [9.17, 15) is 13.2 Å². The lowest BCUT2D eigenvalue weighted by atomic mass is 9.93. The summed E-state index contributed by atoms with van der Waals surface area (Å²) in [4.78, 5) is 19.1. The minimum absolute atomic E-state index is 0.0832. The van der Waals surface area contributed by atoms with Crippen LogP contribution in [0.3, 0.4) is 0 Å². The Morgan fingerprint density at radius 3 is 2.50 bits per heavy atom. The van der Waals surface area contributed by atoms with E-state index < -0.39 is 15.6 Å². The highest BCUT2D eigenvalue weighted by Gasteiger charge is 2.39. The number of rotatable bonds is 4. The normalized spacial score (nSPS) is 18.9. The fraction of sp³-hybridized carbons (Fsp3) is 0.440. The first-order chi connectivity index (χ1) is 17.0. The topological polar surface area (TPSA) is 112 Å². The smallest absolute Gasteiger partial charge is 0.410 e. The number of ether oxygens (including phenoxy) is 1. The minimum Gasteiger partial charge on any atom is -0.444 e. The molecule has 0 saturated carbocycles. The third-order valence-corrected chi connectivity index (χ3v) is 8.27. The van der Waals surface area contributed by atoms with Gasteiger partial charge in [-0.1, -0.05) is 31.0 Å². The van der Waals surface area contributed by atoms with Crippen LogP contribution in [-0.2, 0) is 14.8 Å². The molecule has 2 atom stereocenters. The molecule has 190 valence electrons. The summed E-state index contributed by atoms with van der Waals surface area (Å²) in [6.07, 6.45) is 3.53. The molecule has 0 bridgehead atoms. The Bertz CT molecular complexity index is 1550. The first-order valence-corrected chi connectivity index (χ1v) is 13.4. The molecule has 4 aromatic rings. The molecule has 1 amide bonds. The summed E-state index contributed by atoms with van der Waals surface area (Å²) in [7, 11) is -3.84. The fourth-order valence-electron chi connectivity index (χ4n) is 4.76. The highest BCUT2D eigenvalue weighted by molar-refractivity contribution is 7.90. The van der Waals surface area contributed by atoms with Gasteiger partial charge in [-0.05, 0) is 51.8 Å². The number of fused-ring (bicyclic) bond motifs is 3. The van der Waals surface area contributed by atoms with Gasteiger partial charge in [-0.15, -0.1) is 10.2 Å². The molecule has 1 aliphatic rings. The van der Waals surface area contributed by atoms with E-state index in [1.54, 1.807) is 35.2 Å². The number of hydrogen-bond acceptors (Lipinski definition) is 7. The van der Waals surface area contributed by atoms with Crippen LogP contribution in [0.1, 0.15) is 51.4 Å². The summed E-state index contributed by atoms with van der Waals surface area (Å²) in [5.74, 6) is 0.757. The van der Waals surface area contributed by atoms with E-state index in [0.717, 1.165) is 12.0 Å². The Hall–Kier alpha value is -3.47. The van der Waals surface area contributed by atoms with Crippen LogP contribution in [0.2, 0.25) is 0 Å². The minimum atomic E-state index is -3.84. The van der Waals surface area contributed by atoms with E-state index in [4.69, 9.17) is 4.74 Å². The molecule has 0 radical (unpaired) electrons. The highest BCUT2D eigenvalue weighted by atomic mass is 32.2. The summed E-state index contributed by atoms with van der Waals surface area (Å²) in [6.45, 7) is 10.5. The van der Waals surface area contributed by atoms with E-state index in [2.05, 4.69) is 22.1 Å². The van der Waals surface area contributed by atoms with E-state index in [-0.39, 0.29) is 22.8 Å². The van der Waals surface area contributed by atoms with Crippen molar-refractivity contribution in [1.29, 1.82) is 0 Å². The summed E-state index contributed by atoms with van der Waals surface area (Å²) in [6, 6.07) is 8.44. The number of amides is 1. The zero-order chi connectivity index (χ0) is 25.8. The van der Waals surface area contributed by atoms with Crippen LogP contribution in [0.5, 0.6) is 0 Å². The standard InChI is InChI=1S/C25H30N6O4S/c1-6-17-14-29(24(32)35-25(3,4)5)15-19(17)22-28-27-21-13-26-23-20(31(21)22)11-12-30(23)36(33,34)18-9-7-16(2)8-10-18/h7-13,17,19H,6,14-15H2,1-5H3/t17-,19+/m1/s1. The van der Waals surface area contributed by atoms with Crippen LogP contribution in [0.15, 0.2) is 47.6 Å². The van der Waals surface area contributed by atoms with Gasteiger partial charge in [-0.3, -0.25) is 4.40 Å². The highest BCUT2D eigenvalue weighted by Crippen LogP contribution is 2.36. The first kappa shape index (κ1) is 24.2. The molecule has 1 aliphatic heterocycles. The molecular weight excluding hydrogens is 480 g/mol. The Morgan fingerprint density at radius 1 is 1.11 bits per heavy atom. The molecule has 10 nitrogen and oxygen atoms in total. The van der Waals surface area contributed by atoms with Crippen LogP contribution < -0.4 is 0 Å². The molecule has 11 heteroatoms. The van der Waals surface area contributed by atoms with Crippen LogP contribution >= 0.6 is 0 Å². The number of carbonyl (C=O) groups is 1. The van der Waals surface area contributed by atoms with Gasteiger partial charge in [0.2, 0.25) is 0 Å². The van der Waals surface area contributed by atoms with Crippen molar-refractivity contribution < 1.29 is 17.9 Å². The Labute approximate surface area is 210 Å². The van der Waals surface area contributed by atoms with Crippen LogP contribution in [0.4, 0.5) is 4.79 Å². The maximum atomic E-state index is 13.4. The number of carbonyl (C=O) groups excluding carboxylic acids is 1. The van der Waals surface area contributed by atoms with Crippen LogP contribution in [0.25, 0.3) is 16.8 Å². The molecule has 1 fully saturated rings. The molecule has 36 heavy (non-hydrogen) atoms. The van der Waals surface area contributed by atoms with Gasteiger partial charge in [-0.25, -0.2) is 22.2 Å². The molecular formula is C25H30N6O4S. The summed E-state index contributed by atoms with van der Waals surface area (Å²) in [5, 5.41) is 8.78. The Morgan fingerprint density at radius 2 is 1.83 bits per heavy atom. The van der Waals surface area contributed by atoms with Gasteiger partial charge in [0.05, 0.1) is 16.6 Å². The molecule has 0 aliphatic carbocycles. The van der Waals surface area contributed by atoms with Crippen molar-refractivity contribution in [3.63, 3.8) is 0 Å². The van der Waals surface area contributed by atoms with Gasteiger partial charge < -0.3 is 9.64 Å². The maximum absolute atomic E-state index is 13.4. The van der Waals surface area contributed by atoms with Crippen LogP contribution in [0, 0.1) is 12.8 Å². The number of aryl methyl sites for hydroxylation is 1. The predicted molar refractivity (Wildman–Crippen MR) is 134 cm³/mol. The third kappa shape index (κ3) is 4.11. The molecule has 0 unspecified atom stereocenters.